The number of hydrogen-bond acceptors (Lipinski definition) is 1. The molecule has 0 fully saturated rings. The molecule has 1 heteroatoms. The highest BCUT2D eigenvalue weighted by Crippen LogP contribution is 2.41. The highest BCUT2D eigenvalue weighted by Gasteiger charge is 2.29. The lowest BCUT2D eigenvalue weighted by Gasteiger charge is -2.28. The number of nitrogens with zero attached hydrogens (tertiary/aromatic N) is 1. The summed E-state index contributed by atoms with van der Waals surface area (Å²) in [6.07, 6.45) is 1.09. The zero-order valence-corrected chi connectivity index (χ0v) is 12.5. The van der Waals surface area contributed by atoms with Gasteiger partial charge in [0.25, 0.3) is 0 Å². The molecule has 1 aliphatic rings. The summed E-state index contributed by atoms with van der Waals surface area (Å²) in [5.41, 5.74) is 5.59. The van der Waals surface area contributed by atoms with Gasteiger partial charge >= 0.3 is 0 Å². The molecule has 22 heavy (non-hydrogen) atoms. The minimum absolute atomic E-state index is 0.429. The lowest BCUT2D eigenvalue weighted by Crippen LogP contribution is -2.24. The van der Waals surface area contributed by atoms with Crippen molar-refractivity contribution in [3.63, 3.8) is 0 Å². The molecule has 4 rings (SSSR count). The first-order valence-electron chi connectivity index (χ1n) is 7.85. The first kappa shape index (κ1) is 13.1. The SMILES string of the molecule is c1ccc(CN2c3ccccc3CC2c2ccccc2)cc1. The van der Waals surface area contributed by atoms with Crippen molar-refractivity contribution >= 4 is 5.69 Å². The topological polar surface area (TPSA) is 3.24 Å². The van der Waals surface area contributed by atoms with Crippen LogP contribution in [0.4, 0.5) is 5.69 Å². The quantitative estimate of drug-likeness (QED) is 0.655. The molecule has 0 aliphatic carbocycles. The van der Waals surface area contributed by atoms with Crippen molar-refractivity contribution < 1.29 is 0 Å². The summed E-state index contributed by atoms with van der Waals surface area (Å²) in [6.45, 7) is 0.956. The van der Waals surface area contributed by atoms with Crippen LogP contribution in [0.15, 0.2) is 84.9 Å². The number of fused-ring (bicyclic) bond motifs is 1. The highest BCUT2D eigenvalue weighted by molar-refractivity contribution is 5.61. The second-order valence-corrected chi connectivity index (χ2v) is 5.87. The fraction of sp³-hybridized carbons (Fsp3) is 0.143. The third kappa shape index (κ3) is 2.39. The van der Waals surface area contributed by atoms with Gasteiger partial charge in [-0.3, -0.25) is 0 Å². The van der Waals surface area contributed by atoms with E-state index in [4.69, 9.17) is 0 Å². The fourth-order valence-electron chi connectivity index (χ4n) is 3.40. The summed E-state index contributed by atoms with van der Waals surface area (Å²) in [4.78, 5) is 2.54. The Morgan fingerprint density at radius 1 is 0.727 bits per heavy atom. The van der Waals surface area contributed by atoms with Gasteiger partial charge in [-0.15, -0.1) is 0 Å². The van der Waals surface area contributed by atoms with Gasteiger partial charge in [-0.05, 0) is 29.2 Å². The second kappa shape index (κ2) is 5.69. The molecule has 1 unspecified atom stereocenters. The van der Waals surface area contributed by atoms with E-state index in [0.29, 0.717) is 6.04 Å². The van der Waals surface area contributed by atoms with Crippen molar-refractivity contribution in [3.8, 4) is 0 Å². The molecule has 0 amide bonds. The van der Waals surface area contributed by atoms with Crippen LogP contribution in [-0.4, -0.2) is 0 Å². The van der Waals surface area contributed by atoms with E-state index in [0.717, 1.165) is 13.0 Å². The van der Waals surface area contributed by atoms with Gasteiger partial charge in [-0.25, -0.2) is 0 Å². The van der Waals surface area contributed by atoms with E-state index in [1.165, 1.54) is 22.4 Å². The van der Waals surface area contributed by atoms with E-state index in [1.807, 2.05) is 0 Å². The van der Waals surface area contributed by atoms with Crippen LogP contribution in [0.5, 0.6) is 0 Å². The Balaban J connectivity index is 1.73. The van der Waals surface area contributed by atoms with Crippen LogP contribution in [0.3, 0.4) is 0 Å². The molecule has 3 aromatic rings. The zero-order chi connectivity index (χ0) is 14.8. The molecular formula is C21H19N. The van der Waals surface area contributed by atoms with E-state index in [-0.39, 0.29) is 0 Å². The van der Waals surface area contributed by atoms with Gasteiger partial charge in [-0.2, -0.15) is 0 Å². The smallest absolute Gasteiger partial charge is 0.0587 e. The Morgan fingerprint density at radius 2 is 1.36 bits per heavy atom. The van der Waals surface area contributed by atoms with Gasteiger partial charge in [0.1, 0.15) is 0 Å². The van der Waals surface area contributed by atoms with Gasteiger partial charge in [0.15, 0.2) is 0 Å². The van der Waals surface area contributed by atoms with Crippen molar-refractivity contribution in [2.24, 2.45) is 0 Å². The van der Waals surface area contributed by atoms with Gasteiger partial charge < -0.3 is 4.90 Å². The maximum Gasteiger partial charge on any atom is 0.0587 e. The monoisotopic (exact) mass is 285 g/mol. The summed E-state index contributed by atoms with van der Waals surface area (Å²) in [5, 5.41) is 0. The molecule has 0 radical (unpaired) electrons. The number of para-hydroxylation sites is 1. The molecule has 0 spiro atoms. The summed E-state index contributed by atoms with van der Waals surface area (Å²) < 4.78 is 0. The maximum atomic E-state index is 2.54. The Labute approximate surface area is 131 Å². The number of anilines is 1. The van der Waals surface area contributed by atoms with Crippen LogP contribution in [0.25, 0.3) is 0 Å². The predicted molar refractivity (Wildman–Crippen MR) is 92.0 cm³/mol. The van der Waals surface area contributed by atoms with Crippen LogP contribution < -0.4 is 4.90 Å². The van der Waals surface area contributed by atoms with Gasteiger partial charge in [0.2, 0.25) is 0 Å². The lowest BCUT2D eigenvalue weighted by atomic mass is 10.0. The molecule has 0 saturated heterocycles. The van der Waals surface area contributed by atoms with Crippen molar-refractivity contribution in [3.05, 3.63) is 102 Å². The van der Waals surface area contributed by atoms with Crippen molar-refractivity contribution in [1.82, 2.24) is 0 Å². The number of benzene rings is 3. The van der Waals surface area contributed by atoms with E-state index in [9.17, 15) is 0 Å². The van der Waals surface area contributed by atoms with E-state index in [1.54, 1.807) is 0 Å². The zero-order valence-electron chi connectivity index (χ0n) is 12.5. The predicted octanol–water partition coefficient (Wildman–Crippen LogP) is 4.99. The van der Waals surface area contributed by atoms with E-state index < -0.39 is 0 Å². The highest BCUT2D eigenvalue weighted by atomic mass is 15.2. The van der Waals surface area contributed by atoms with Crippen LogP contribution >= 0.6 is 0 Å². The molecule has 3 aromatic carbocycles. The largest absolute Gasteiger partial charge is 0.360 e. The molecule has 1 atom stereocenters. The van der Waals surface area contributed by atoms with Crippen molar-refractivity contribution in [1.29, 1.82) is 0 Å². The molecular weight excluding hydrogens is 266 g/mol. The minimum Gasteiger partial charge on any atom is -0.360 e. The standard InChI is InChI=1S/C21H19N/c1-3-9-17(10-4-1)16-22-20-14-8-7-13-19(20)15-21(22)18-11-5-2-6-12-18/h1-14,21H,15-16H2. The van der Waals surface area contributed by atoms with E-state index >= 15 is 0 Å². The lowest BCUT2D eigenvalue weighted by molar-refractivity contribution is 0.658. The summed E-state index contributed by atoms with van der Waals surface area (Å²) in [7, 11) is 0. The molecule has 0 N–H and O–H groups in total. The summed E-state index contributed by atoms with van der Waals surface area (Å²) in [6, 6.07) is 30.8. The molecule has 1 aliphatic heterocycles. The molecule has 0 saturated carbocycles. The average molecular weight is 285 g/mol. The summed E-state index contributed by atoms with van der Waals surface area (Å²) >= 11 is 0. The van der Waals surface area contributed by atoms with E-state index in [2.05, 4.69) is 89.8 Å². The van der Waals surface area contributed by atoms with Gasteiger partial charge in [-0.1, -0.05) is 78.9 Å². The summed E-state index contributed by atoms with van der Waals surface area (Å²) in [5.74, 6) is 0. The maximum absolute atomic E-state index is 2.54. The molecule has 1 nitrogen and oxygen atoms in total. The number of hydrogen-bond donors (Lipinski definition) is 0. The molecule has 0 bridgehead atoms. The van der Waals surface area contributed by atoms with Crippen molar-refractivity contribution in [2.75, 3.05) is 4.90 Å². The van der Waals surface area contributed by atoms with Crippen LogP contribution in [0.2, 0.25) is 0 Å². The first-order chi connectivity index (χ1) is 10.9. The molecule has 0 aromatic heterocycles. The third-order valence-corrected chi connectivity index (χ3v) is 4.47. The number of rotatable bonds is 3. The second-order valence-electron chi connectivity index (χ2n) is 5.87. The normalized spacial score (nSPS) is 16.5. The molecule has 108 valence electrons. The van der Waals surface area contributed by atoms with Gasteiger partial charge in [0, 0.05) is 12.2 Å². The Kier molecular flexibility index (Phi) is 3.40. The van der Waals surface area contributed by atoms with Gasteiger partial charge in [0.05, 0.1) is 6.04 Å². The van der Waals surface area contributed by atoms with Crippen LogP contribution in [-0.2, 0) is 13.0 Å². The fourth-order valence-corrected chi connectivity index (χ4v) is 3.40. The van der Waals surface area contributed by atoms with Crippen LogP contribution in [0.1, 0.15) is 22.7 Å². The van der Waals surface area contributed by atoms with Crippen molar-refractivity contribution in [2.45, 2.75) is 19.0 Å². The third-order valence-electron chi connectivity index (χ3n) is 4.47. The van der Waals surface area contributed by atoms with Crippen LogP contribution in [0, 0.1) is 0 Å². The molecule has 1 heterocycles. The Bertz CT molecular complexity index is 749. The minimum atomic E-state index is 0.429. The average Bonchev–Trinajstić information content (AvgIpc) is 2.95. The Hall–Kier alpha value is -2.54. The Morgan fingerprint density at radius 3 is 2.14 bits per heavy atom. The first-order valence-corrected chi connectivity index (χ1v) is 7.85.